The van der Waals surface area contributed by atoms with Gasteiger partial charge in [-0.05, 0) is 52.7 Å². The molecule has 1 heterocycles. The molecule has 34 heavy (non-hydrogen) atoms. The molecule has 1 N–H and O–H groups in total. The molecular weight excluding hydrogens is 514 g/mol. The Bertz CT molecular complexity index is 1220. The molecule has 9 heteroatoms. The highest BCUT2D eigenvalue weighted by Crippen LogP contribution is 2.37. The van der Waals surface area contributed by atoms with E-state index in [1.54, 1.807) is 23.6 Å². The number of aryl methyl sites for hydroxylation is 1. The van der Waals surface area contributed by atoms with Gasteiger partial charge in [0.15, 0.2) is 11.5 Å². The molecule has 7 nitrogen and oxygen atoms in total. The molecule has 3 aromatic carbocycles. The minimum atomic E-state index is 0.477. The first kappa shape index (κ1) is 24.3. The van der Waals surface area contributed by atoms with Gasteiger partial charge in [-0.15, -0.1) is 5.10 Å². The fourth-order valence-electron chi connectivity index (χ4n) is 3.42. The van der Waals surface area contributed by atoms with Gasteiger partial charge in [-0.1, -0.05) is 70.2 Å². The van der Waals surface area contributed by atoms with Crippen molar-refractivity contribution in [3.63, 3.8) is 0 Å². The van der Waals surface area contributed by atoms with Crippen molar-refractivity contribution in [2.45, 2.75) is 25.2 Å². The normalized spacial score (nSPS) is 10.9. The second-order valence-electron chi connectivity index (χ2n) is 7.51. The van der Waals surface area contributed by atoms with Crippen molar-refractivity contribution in [3.8, 4) is 17.2 Å². The summed E-state index contributed by atoms with van der Waals surface area (Å²) in [5.41, 5.74) is 4.31. The topological polar surface area (TPSA) is 74.1 Å². The molecule has 0 spiro atoms. The van der Waals surface area contributed by atoms with Crippen LogP contribution < -0.4 is 14.8 Å². The Kier molecular flexibility index (Phi) is 8.56. The summed E-state index contributed by atoms with van der Waals surface area (Å²) >= 11 is 5.28. The number of hydrogen-bond donors (Lipinski definition) is 1. The molecule has 1 aromatic heterocycles. The lowest BCUT2D eigenvalue weighted by Crippen LogP contribution is -2.18. The molecule has 0 fully saturated rings. The van der Waals surface area contributed by atoms with Gasteiger partial charge in [0.1, 0.15) is 6.61 Å². The molecule has 0 bridgehead atoms. The number of methoxy groups -OCH3 is 1. The molecular formula is C25H26BrN5O2S. The van der Waals surface area contributed by atoms with Crippen molar-refractivity contribution in [1.82, 2.24) is 25.5 Å². The van der Waals surface area contributed by atoms with Crippen molar-refractivity contribution in [1.29, 1.82) is 0 Å². The van der Waals surface area contributed by atoms with E-state index in [0.29, 0.717) is 18.9 Å². The number of para-hydroxylation sites is 1. The summed E-state index contributed by atoms with van der Waals surface area (Å²) in [7, 11) is 1.66. The Hall–Kier alpha value is -2.88. The number of nitrogens with zero attached hydrogens (tertiary/aromatic N) is 4. The van der Waals surface area contributed by atoms with Crippen molar-refractivity contribution >= 4 is 27.7 Å². The number of ether oxygens (including phenoxy) is 2. The molecule has 0 aliphatic rings. The number of tetrazole rings is 1. The van der Waals surface area contributed by atoms with Crippen LogP contribution in [0, 0.1) is 6.92 Å². The predicted octanol–water partition coefficient (Wildman–Crippen LogP) is 5.20. The van der Waals surface area contributed by atoms with E-state index >= 15 is 0 Å². The van der Waals surface area contributed by atoms with Gasteiger partial charge in [-0.3, -0.25) is 0 Å². The zero-order valence-electron chi connectivity index (χ0n) is 19.1. The summed E-state index contributed by atoms with van der Waals surface area (Å²) < 4.78 is 14.6. The van der Waals surface area contributed by atoms with Crippen LogP contribution in [0.5, 0.6) is 11.5 Å². The molecule has 4 aromatic rings. The average molecular weight is 540 g/mol. The van der Waals surface area contributed by atoms with Crippen LogP contribution in [-0.2, 0) is 13.2 Å². The smallest absolute Gasteiger partial charge is 0.214 e. The molecule has 0 aliphatic carbocycles. The second kappa shape index (κ2) is 12.0. The molecule has 4 rings (SSSR count). The third kappa shape index (κ3) is 5.97. The van der Waals surface area contributed by atoms with E-state index in [2.05, 4.69) is 55.8 Å². The second-order valence-corrected chi connectivity index (χ2v) is 9.42. The fraction of sp³-hybridized carbons (Fsp3) is 0.240. The van der Waals surface area contributed by atoms with E-state index in [0.717, 1.165) is 44.5 Å². The van der Waals surface area contributed by atoms with Crippen molar-refractivity contribution in [3.05, 3.63) is 87.9 Å². The van der Waals surface area contributed by atoms with Gasteiger partial charge in [-0.2, -0.15) is 4.68 Å². The third-order valence-electron chi connectivity index (χ3n) is 5.27. The lowest BCUT2D eigenvalue weighted by atomic mass is 10.1. The highest BCUT2D eigenvalue weighted by atomic mass is 79.9. The molecule has 0 unspecified atom stereocenters. The standard InChI is InChI=1S/C25H26BrN5O2S/c1-18-8-6-7-9-19(18)17-33-24-21(22(26)12-13-23(24)32-2)16-27-14-15-34-25-28-29-30-31(25)20-10-4-3-5-11-20/h3-13,27H,14-17H2,1-2H3. The van der Waals surface area contributed by atoms with E-state index in [9.17, 15) is 0 Å². The van der Waals surface area contributed by atoms with Crippen LogP contribution in [0.25, 0.3) is 5.69 Å². The zero-order valence-corrected chi connectivity index (χ0v) is 21.5. The lowest BCUT2D eigenvalue weighted by Gasteiger charge is -2.18. The Morgan fingerprint density at radius 2 is 1.82 bits per heavy atom. The predicted molar refractivity (Wildman–Crippen MR) is 138 cm³/mol. The Balaban J connectivity index is 1.37. The number of hydrogen-bond acceptors (Lipinski definition) is 7. The minimum Gasteiger partial charge on any atom is -0.493 e. The Morgan fingerprint density at radius 3 is 2.62 bits per heavy atom. The molecule has 0 saturated heterocycles. The van der Waals surface area contributed by atoms with Crippen LogP contribution in [0.2, 0.25) is 0 Å². The zero-order chi connectivity index (χ0) is 23.8. The average Bonchev–Trinajstić information content (AvgIpc) is 3.33. The van der Waals surface area contributed by atoms with Gasteiger partial charge in [0.25, 0.3) is 0 Å². The molecule has 0 amide bonds. The van der Waals surface area contributed by atoms with Gasteiger partial charge >= 0.3 is 0 Å². The largest absolute Gasteiger partial charge is 0.493 e. The van der Waals surface area contributed by atoms with Crippen LogP contribution in [0.1, 0.15) is 16.7 Å². The maximum absolute atomic E-state index is 6.26. The van der Waals surface area contributed by atoms with E-state index in [1.807, 2.05) is 54.6 Å². The number of benzene rings is 3. The van der Waals surface area contributed by atoms with Crippen LogP contribution in [-0.4, -0.2) is 39.6 Å². The first-order chi connectivity index (χ1) is 16.7. The van der Waals surface area contributed by atoms with Crippen LogP contribution >= 0.6 is 27.7 Å². The van der Waals surface area contributed by atoms with Crippen molar-refractivity contribution in [2.24, 2.45) is 0 Å². The molecule has 176 valence electrons. The summed E-state index contributed by atoms with van der Waals surface area (Å²) in [5, 5.41) is 16.3. The molecule has 0 atom stereocenters. The molecule has 0 saturated carbocycles. The van der Waals surface area contributed by atoms with Crippen LogP contribution in [0.15, 0.2) is 76.4 Å². The van der Waals surface area contributed by atoms with Gasteiger partial charge in [0.2, 0.25) is 5.16 Å². The van der Waals surface area contributed by atoms with E-state index in [4.69, 9.17) is 9.47 Å². The molecule has 0 aliphatic heterocycles. The highest BCUT2D eigenvalue weighted by Gasteiger charge is 2.15. The number of aromatic nitrogens is 4. The number of nitrogens with one attached hydrogen (secondary N) is 1. The summed E-state index contributed by atoms with van der Waals surface area (Å²) in [6, 6.07) is 22.0. The Labute approximate surface area is 212 Å². The Morgan fingerprint density at radius 1 is 1.03 bits per heavy atom. The highest BCUT2D eigenvalue weighted by molar-refractivity contribution is 9.10. The first-order valence-corrected chi connectivity index (χ1v) is 12.6. The SMILES string of the molecule is COc1ccc(Br)c(CNCCSc2nnnn2-c2ccccc2)c1OCc1ccccc1C. The van der Waals surface area contributed by atoms with Crippen LogP contribution in [0.4, 0.5) is 0 Å². The van der Waals surface area contributed by atoms with E-state index < -0.39 is 0 Å². The van der Waals surface area contributed by atoms with Gasteiger partial charge in [0, 0.05) is 28.9 Å². The maximum atomic E-state index is 6.26. The minimum absolute atomic E-state index is 0.477. The number of thioether (sulfide) groups is 1. The summed E-state index contributed by atoms with van der Waals surface area (Å²) in [6.45, 7) is 3.97. The van der Waals surface area contributed by atoms with E-state index in [1.165, 1.54) is 5.56 Å². The van der Waals surface area contributed by atoms with Gasteiger partial charge in [-0.25, -0.2) is 0 Å². The van der Waals surface area contributed by atoms with Crippen LogP contribution in [0.3, 0.4) is 0 Å². The lowest BCUT2D eigenvalue weighted by molar-refractivity contribution is 0.280. The number of halogens is 1. The first-order valence-electron chi connectivity index (χ1n) is 10.9. The fourth-order valence-corrected chi connectivity index (χ4v) is 4.66. The third-order valence-corrected chi connectivity index (χ3v) is 6.94. The van der Waals surface area contributed by atoms with Crippen molar-refractivity contribution in [2.75, 3.05) is 19.4 Å². The van der Waals surface area contributed by atoms with Crippen molar-refractivity contribution < 1.29 is 9.47 Å². The monoisotopic (exact) mass is 539 g/mol. The number of rotatable bonds is 11. The quantitative estimate of drug-likeness (QED) is 0.207. The summed E-state index contributed by atoms with van der Waals surface area (Å²) in [5.74, 6) is 2.27. The molecule has 0 radical (unpaired) electrons. The van der Waals surface area contributed by atoms with Gasteiger partial charge < -0.3 is 14.8 Å². The summed E-state index contributed by atoms with van der Waals surface area (Å²) in [4.78, 5) is 0. The summed E-state index contributed by atoms with van der Waals surface area (Å²) in [6.07, 6.45) is 0. The van der Waals surface area contributed by atoms with E-state index in [-0.39, 0.29) is 0 Å². The van der Waals surface area contributed by atoms with Gasteiger partial charge in [0.05, 0.1) is 12.8 Å². The maximum Gasteiger partial charge on any atom is 0.214 e.